The topological polar surface area (TPSA) is 26.0 Å². The minimum Gasteiger partial charge on any atom is -0.325 e. The molecule has 0 radical (unpaired) electrons. The first-order valence-corrected chi connectivity index (χ1v) is 6.94. The first-order chi connectivity index (χ1) is 7.44. The van der Waals surface area contributed by atoms with Crippen molar-refractivity contribution in [2.24, 2.45) is 5.73 Å². The van der Waals surface area contributed by atoms with Crippen LogP contribution in [0.1, 0.15) is 32.3 Å². The molecule has 1 aromatic rings. The number of thioether (sulfide) groups is 1. The van der Waals surface area contributed by atoms with Gasteiger partial charge in [-0.25, -0.2) is 0 Å². The highest BCUT2D eigenvalue weighted by atomic mass is 35.5. The molecule has 2 rings (SSSR count). The van der Waals surface area contributed by atoms with Crippen molar-refractivity contribution >= 4 is 23.4 Å². The summed E-state index contributed by atoms with van der Waals surface area (Å²) in [4.78, 5) is 1.21. The Bertz CT molecular complexity index is 380. The van der Waals surface area contributed by atoms with E-state index in [4.69, 9.17) is 17.3 Å². The SMILES string of the molecule is CC(C)(N)Cc1ccc(SC2CC2)c(Cl)c1. The first-order valence-electron chi connectivity index (χ1n) is 5.68. The number of rotatable bonds is 4. The zero-order chi connectivity index (χ0) is 11.8. The van der Waals surface area contributed by atoms with E-state index >= 15 is 0 Å². The van der Waals surface area contributed by atoms with E-state index in [1.807, 2.05) is 25.6 Å². The Hall–Kier alpha value is -0.180. The minimum absolute atomic E-state index is 0.172. The van der Waals surface area contributed by atoms with Crippen molar-refractivity contribution in [3.05, 3.63) is 28.8 Å². The van der Waals surface area contributed by atoms with Crippen LogP contribution >= 0.6 is 23.4 Å². The van der Waals surface area contributed by atoms with Crippen molar-refractivity contribution in [1.82, 2.24) is 0 Å². The van der Waals surface area contributed by atoms with Crippen LogP contribution in [0.4, 0.5) is 0 Å². The molecule has 0 saturated heterocycles. The van der Waals surface area contributed by atoms with Gasteiger partial charge in [-0.3, -0.25) is 0 Å². The molecule has 1 aromatic carbocycles. The molecular weight excluding hydrogens is 238 g/mol. The summed E-state index contributed by atoms with van der Waals surface area (Å²) in [6, 6.07) is 6.33. The van der Waals surface area contributed by atoms with Crippen molar-refractivity contribution < 1.29 is 0 Å². The van der Waals surface area contributed by atoms with E-state index in [1.165, 1.54) is 23.3 Å². The van der Waals surface area contributed by atoms with E-state index in [1.54, 1.807) is 0 Å². The summed E-state index contributed by atoms with van der Waals surface area (Å²) in [5.74, 6) is 0. The van der Waals surface area contributed by atoms with Gasteiger partial charge in [0.15, 0.2) is 0 Å². The van der Waals surface area contributed by atoms with Crippen LogP contribution < -0.4 is 5.73 Å². The summed E-state index contributed by atoms with van der Waals surface area (Å²) < 4.78 is 0. The molecule has 2 N–H and O–H groups in total. The molecule has 0 bridgehead atoms. The van der Waals surface area contributed by atoms with Gasteiger partial charge in [0.2, 0.25) is 0 Å². The van der Waals surface area contributed by atoms with Crippen LogP contribution in [0.5, 0.6) is 0 Å². The summed E-state index contributed by atoms with van der Waals surface area (Å²) in [5.41, 5.74) is 7.05. The van der Waals surface area contributed by atoms with Crippen LogP contribution in [-0.2, 0) is 6.42 Å². The van der Waals surface area contributed by atoms with E-state index in [2.05, 4.69) is 18.2 Å². The number of halogens is 1. The maximum atomic E-state index is 6.27. The van der Waals surface area contributed by atoms with E-state index in [0.717, 1.165) is 16.7 Å². The molecule has 16 heavy (non-hydrogen) atoms. The van der Waals surface area contributed by atoms with Gasteiger partial charge in [0.1, 0.15) is 0 Å². The number of nitrogens with two attached hydrogens (primary N) is 1. The molecule has 0 atom stereocenters. The summed E-state index contributed by atoms with van der Waals surface area (Å²) in [5, 5.41) is 1.67. The lowest BCUT2D eigenvalue weighted by Crippen LogP contribution is -2.34. The Morgan fingerprint density at radius 1 is 1.44 bits per heavy atom. The number of hydrogen-bond acceptors (Lipinski definition) is 2. The molecule has 1 nitrogen and oxygen atoms in total. The second-order valence-electron chi connectivity index (χ2n) is 5.25. The standard InChI is InChI=1S/C13H18ClNS/c1-13(2,15)8-9-3-6-12(11(14)7-9)16-10-4-5-10/h3,6-7,10H,4-5,8,15H2,1-2H3. The molecule has 3 heteroatoms. The maximum absolute atomic E-state index is 6.27. The largest absolute Gasteiger partial charge is 0.325 e. The van der Waals surface area contributed by atoms with Gasteiger partial charge >= 0.3 is 0 Å². The van der Waals surface area contributed by atoms with Crippen LogP contribution in [0, 0.1) is 0 Å². The van der Waals surface area contributed by atoms with Gasteiger partial charge in [0, 0.05) is 15.7 Å². The summed E-state index contributed by atoms with van der Waals surface area (Å²) in [7, 11) is 0. The normalized spacial score (nSPS) is 16.5. The highest BCUT2D eigenvalue weighted by molar-refractivity contribution is 8.00. The summed E-state index contributed by atoms with van der Waals surface area (Å²) >= 11 is 8.17. The molecule has 1 fully saturated rings. The van der Waals surface area contributed by atoms with Crippen LogP contribution in [0.3, 0.4) is 0 Å². The molecule has 0 spiro atoms. The van der Waals surface area contributed by atoms with Gasteiger partial charge in [-0.05, 0) is 50.8 Å². The second-order valence-corrected chi connectivity index (χ2v) is 7.00. The van der Waals surface area contributed by atoms with E-state index in [-0.39, 0.29) is 5.54 Å². The van der Waals surface area contributed by atoms with Crippen LogP contribution in [0.25, 0.3) is 0 Å². The third-order valence-corrected chi connectivity index (χ3v) is 4.31. The Morgan fingerprint density at radius 3 is 2.62 bits per heavy atom. The quantitative estimate of drug-likeness (QED) is 0.884. The van der Waals surface area contributed by atoms with Crippen molar-refractivity contribution in [3.63, 3.8) is 0 Å². The fourth-order valence-electron chi connectivity index (χ4n) is 1.64. The molecular formula is C13H18ClNS. The Balaban J connectivity index is 2.08. The fourth-order valence-corrected chi connectivity index (χ4v) is 3.03. The monoisotopic (exact) mass is 255 g/mol. The smallest absolute Gasteiger partial charge is 0.0544 e. The average molecular weight is 256 g/mol. The Kier molecular flexibility index (Phi) is 3.53. The number of hydrogen-bond donors (Lipinski definition) is 1. The molecule has 0 heterocycles. The predicted molar refractivity (Wildman–Crippen MR) is 72.3 cm³/mol. The van der Waals surface area contributed by atoms with Crippen molar-refractivity contribution in [2.75, 3.05) is 0 Å². The molecule has 1 saturated carbocycles. The first kappa shape index (κ1) is 12.3. The lowest BCUT2D eigenvalue weighted by Gasteiger charge is -2.18. The minimum atomic E-state index is -0.172. The second kappa shape index (κ2) is 4.59. The summed E-state index contributed by atoms with van der Waals surface area (Å²) in [6.07, 6.45) is 3.53. The van der Waals surface area contributed by atoms with E-state index < -0.39 is 0 Å². The lowest BCUT2D eigenvalue weighted by molar-refractivity contribution is 0.516. The molecule has 0 amide bonds. The van der Waals surface area contributed by atoms with Gasteiger partial charge in [-0.2, -0.15) is 0 Å². The van der Waals surface area contributed by atoms with Crippen molar-refractivity contribution in [2.45, 2.75) is 48.8 Å². The van der Waals surface area contributed by atoms with Crippen molar-refractivity contribution in [1.29, 1.82) is 0 Å². The van der Waals surface area contributed by atoms with Gasteiger partial charge in [-0.15, -0.1) is 11.8 Å². The highest BCUT2D eigenvalue weighted by Gasteiger charge is 2.23. The van der Waals surface area contributed by atoms with Crippen LogP contribution in [0.2, 0.25) is 5.02 Å². The van der Waals surface area contributed by atoms with E-state index in [0.29, 0.717) is 0 Å². The van der Waals surface area contributed by atoms with Gasteiger partial charge < -0.3 is 5.73 Å². The molecule has 88 valence electrons. The van der Waals surface area contributed by atoms with E-state index in [9.17, 15) is 0 Å². The van der Waals surface area contributed by atoms with Gasteiger partial charge in [0.25, 0.3) is 0 Å². The molecule has 1 aliphatic carbocycles. The summed E-state index contributed by atoms with van der Waals surface area (Å²) in [6.45, 7) is 4.07. The van der Waals surface area contributed by atoms with Gasteiger partial charge in [-0.1, -0.05) is 17.7 Å². The van der Waals surface area contributed by atoms with Gasteiger partial charge in [0.05, 0.1) is 5.02 Å². The van der Waals surface area contributed by atoms with Crippen LogP contribution in [-0.4, -0.2) is 10.8 Å². The molecule has 1 aliphatic rings. The number of benzene rings is 1. The zero-order valence-corrected chi connectivity index (χ0v) is 11.4. The third-order valence-electron chi connectivity index (χ3n) is 2.47. The maximum Gasteiger partial charge on any atom is 0.0544 e. The molecule has 0 aliphatic heterocycles. The molecule has 0 unspecified atom stereocenters. The highest BCUT2D eigenvalue weighted by Crippen LogP contribution is 2.42. The zero-order valence-electron chi connectivity index (χ0n) is 9.79. The van der Waals surface area contributed by atoms with Crippen molar-refractivity contribution in [3.8, 4) is 0 Å². The van der Waals surface area contributed by atoms with Crippen LogP contribution in [0.15, 0.2) is 23.1 Å². The predicted octanol–water partition coefficient (Wildman–Crippen LogP) is 3.87. The fraction of sp³-hybridized carbons (Fsp3) is 0.538. The average Bonchev–Trinajstić information content (AvgIpc) is 2.90. The Morgan fingerprint density at radius 2 is 2.12 bits per heavy atom. The third kappa shape index (κ3) is 3.69. The Labute approximate surface area is 107 Å². The lowest BCUT2D eigenvalue weighted by atomic mass is 9.96. The molecule has 0 aromatic heterocycles.